The Kier molecular flexibility index (Phi) is 6.10. The monoisotopic (exact) mass is 329 g/mol. The fourth-order valence-electron chi connectivity index (χ4n) is 3.66. The van der Waals surface area contributed by atoms with Crippen molar-refractivity contribution in [3.8, 4) is 0 Å². The van der Waals surface area contributed by atoms with Gasteiger partial charge in [-0.05, 0) is 25.3 Å². The number of aliphatic imine (C=N–C) groups is 1. The largest absolute Gasteiger partial charge is 0.355 e. The molecule has 2 unspecified atom stereocenters. The van der Waals surface area contributed by atoms with Crippen LogP contribution in [0.3, 0.4) is 0 Å². The Morgan fingerprint density at radius 2 is 1.96 bits per heavy atom. The third-order valence-corrected chi connectivity index (χ3v) is 5.21. The van der Waals surface area contributed by atoms with Crippen LogP contribution < -0.4 is 10.6 Å². The van der Waals surface area contributed by atoms with Crippen LogP contribution in [0, 0.1) is 0 Å². The molecule has 4 rings (SSSR count). The Labute approximate surface area is 146 Å². The van der Waals surface area contributed by atoms with Gasteiger partial charge in [-0.3, -0.25) is 14.8 Å². The molecule has 3 aliphatic rings. The first kappa shape index (κ1) is 17.2. The van der Waals surface area contributed by atoms with Gasteiger partial charge in [-0.1, -0.05) is 30.3 Å². The number of hydrogen-bond donors (Lipinski definition) is 2. The standard InChI is InChI=1S/C19H31N5/c1-16(8-9-17-6-4-3-5-7-17)22-19(20-2)21-14-18-15-23-10-12-24(18)13-11-23/h3-7,16,18H,8-15H2,1-2H3,(H2,20,21,22). The van der Waals surface area contributed by atoms with Crippen molar-refractivity contribution < 1.29 is 0 Å². The minimum absolute atomic E-state index is 0.406. The predicted molar refractivity (Wildman–Crippen MR) is 101 cm³/mol. The summed E-state index contributed by atoms with van der Waals surface area (Å²) in [4.78, 5) is 9.58. The number of nitrogens with zero attached hydrogens (tertiary/aromatic N) is 3. The second-order valence-electron chi connectivity index (χ2n) is 7.01. The van der Waals surface area contributed by atoms with Gasteiger partial charge in [0, 0.05) is 58.4 Å². The number of benzene rings is 1. The minimum Gasteiger partial charge on any atom is -0.355 e. The molecule has 3 fully saturated rings. The summed E-state index contributed by atoms with van der Waals surface area (Å²) in [6.45, 7) is 9.29. The number of rotatable bonds is 6. The highest BCUT2D eigenvalue weighted by Crippen LogP contribution is 2.14. The van der Waals surface area contributed by atoms with Crippen LogP contribution in [0.15, 0.2) is 35.3 Å². The molecule has 2 atom stereocenters. The number of piperazine rings is 3. The topological polar surface area (TPSA) is 42.9 Å². The molecule has 3 saturated heterocycles. The summed E-state index contributed by atoms with van der Waals surface area (Å²) in [5, 5.41) is 7.05. The molecule has 0 aliphatic carbocycles. The van der Waals surface area contributed by atoms with E-state index in [2.05, 4.69) is 62.7 Å². The van der Waals surface area contributed by atoms with E-state index in [1.165, 1.54) is 38.3 Å². The molecule has 24 heavy (non-hydrogen) atoms. The van der Waals surface area contributed by atoms with Crippen LogP contribution in [0.4, 0.5) is 0 Å². The number of nitrogens with one attached hydrogen (secondary N) is 2. The summed E-state index contributed by atoms with van der Waals surface area (Å²) >= 11 is 0. The molecule has 5 nitrogen and oxygen atoms in total. The van der Waals surface area contributed by atoms with Crippen molar-refractivity contribution in [3.05, 3.63) is 35.9 Å². The van der Waals surface area contributed by atoms with Crippen LogP contribution in [0.25, 0.3) is 0 Å². The van der Waals surface area contributed by atoms with Gasteiger partial charge in [0.05, 0.1) is 0 Å². The zero-order chi connectivity index (χ0) is 16.8. The fraction of sp³-hybridized carbons (Fsp3) is 0.632. The van der Waals surface area contributed by atoms with Crippen molar-refractivity contribution in [1.82, 2.24) is 20.4 Å². The molecule has 0 aromatic heterocycles. The summed E-state index contributed by atoms with van der Waals surface area (Å²) in [6, 6.07) is 11.7. The van der Waals surface area contributed by atoms with Crippen LogP contribution in [0.2, 0.25) is 0 Å². The third kappa shape index (κ3) is 4.71. The highest BCUT2D eigenvalue weighted by molar-refractivity contribution is 5.79. The van der Waals surface area contributed by atoms with Gasteiger partial charge >= 0.3 is 0 Å². The van der Waals surface area contributed by atoms with E-state index in [0.717, 1.165) is 25.3 Å². The normalized spacial score (nSPS) is 27.8. The Bertz CT molecular complexity index is 522. The van der Waals surface area contributed by atoms with Gasteiger partial charge < -0.3 is 10.6 Å². The Morgan fingerprint density at radius 3 is 2.58 bits per heavy atom. The minimum atomic E-state index is 0.406. The molecule has 132 valence electrons. The SMILES string of the molecule is CN=C(NCC1CN2CCN1CC2)NC(C)CCc1ccccc1. The van der Waals surface area contributed by atoms with Crippen LogP contribution in [0.5, 0.6) is 0 Å². The average molecular weight is 329 g/mol. The van der Waals surface area contributed by atoms with Gasteiger partial charge in [-0.2, -0.15) is 0 Å². The summed E-state index contributed by atoms with van der Waals surface area (Å²) in [5.41, 5.74) is 1.40. The zero-order valence-electron chi connectivity index (χ0n) is 15.0. The lowest BCUT2D eigenvalue weighted by Gasteiger charge is -2.47. The van der Waals surface area contributed by atoms with E-state index in [1.54, 1.807) is 0 Å². The molecule has 3 aliphatic heterocycles. The van der Waals surface area contributed by atoms with E-state index in [-0.39, 0.29) is 0 Å². The molecule has 2 N–H and O–H groups in total. The summed E-state index contributed by atoms with van der Waals surface area (Å²) in [7, 11) is 1.86. The molecule has 0 amide bonds. The van der Waals surface area contributed by atoms with Crippen molar-refractivity contribution in [2.24, 2.45) is 4.99 Å². The second kappa shape index (κ2) is 8.49. The molecule has 5 heteroatoms. The van der Waals surface area contributed by atoms with E-state index in [9.17, 15) is 0 Å². The number of hydrogen-bond acceptors (Lipinski definition) is 3. The molecule has 2 bridgehead atoms. The lowest BCUT2D eigenvalue weighted by molar-refractivity contribution is 0.0154. The first-order chi connectivity index (χ1) is 11.7. The lowest BCUT2D eigenvalue weighted by atomic mass is 10.1. The maximum Gasteiger partial charge on any atom is 0.191 e. The van der Waals surface area contributed by atoms with Crippen molar-refractivity contribution >= 4 is 5.96 Å². The van der Waals surface area contributed by atoms with Gasteiger partial charge in [0.25, 0.3) is 0 Å². The van der Waals surface area contributed by atoms with Crippen molar-refractivity contribution in [2.45, 2.75) is 31.8 Å². The van der Waals surface area contributed by atoms with Gasteiger partial charge in [0.15, 0.2) is 5.96 Å². The molecule has 1 aromatic rings. The van der Waals surface area contributed by atoms with Crippen molar-refractivity contribution in [2.75, 3.05) is 46.3 Å². The van der Waals surface area contributed by atoms with Crippen LogP contribution >= 0.6 is 0 Å². The second-order valence-corrected chi connectivity index (χ2v) is 7.01. The molecule has 0 spiro atoms. The van der Waals surface area contributed by atoms with Gasteiger partial charge in [0.2, 0.25) is 0 Å². The number of guanidine groups is 1. The van der Waals surface area contributed by atoms with Crippen LogP contribution in [-0.2, 0) is 6.42 Å². The molecule has 0 radical (unpaired) electrons. The number of aryl methyl sites for hydroxylation is 1. The maximum absolute atomic E-state index is 4.39. The highest BCUT2D eigenvalue weighted by Gasteiger charge is 2.31. The predicted octanol–water partition coefficient (Wildman–Crippen LogP) is 1.17. The van der Waals surface area contributed by atoms with E-state index in [0.29, 0.717) is 12.1 Å². The fourth-order valence-corrected chi connectivity index (χ4v) is 3.66. The Balaban J connectivity index is 1.39. The van der Waals surface area contributed by atoms with Crippen LogP contribution in [-0.4, -0.2) is 74.2 Å². The molecule has 0 saturated carbocycles. The van der Waals surface area contributed by atoms with E-state index in [1.807, 2.05) is 7.05 Å². The quantitative estimate of drug-likeness (QED) is 0.607. The third-order valence-electron chi connectivity index (χ3n) is 5.21. The summed E-state index contributed by atoms with van der Waals surface area (Å²) in [6.07, 6.45) is 2.20. The molecular weight excluding hydrogens is 298 g/mol. The van der Waals surface area contributed by atoms with E-state index < -0.39 is 0 Å². The van der Waals surface area contributed by atoms with Gasteiger partial charge in [-0.25, -0.2) is 0 Å². The molecule has 1 aromatic carbocycles. The van der Waals surface area contributed by atoms with E-state index >= 15 is 0 Å². The van der Waals surface area contributed by atoms with Crippen molar-refractivity contribution in [1.29, 1.82) is 0 Å². The molecular formula is C19H31N5. The number of fused-ring (bicyclic) bond motifs is 3. The maximum atomic E-state index is 4.39. The lowest BCUT2D eigenvalue weighted by Crippen LogP contribution is -2.64. The smallest absolute Gasteiger partial charge is 0.191 e. The Morgan fingerprint density at radius 1 is 1.21 bits per heavy atom. The van der Waals surface area contributed by atoms with Crippen LogP contribution in [0.1, 0.15) is 18.9 Å². The van der Waals surface area contributed by atoms with Gasteiger partial charge in [0.1, 0.15) is 0 Å². The summed E-state index contributed by atoms with van der Waals surface area (Å²) in [5.74, 6) is 0.924. The van der Waals surface area contributed by atoms with E-state index in [4.69, 9.17) is 0 Å². The van der Waals surface area contributed by atoms with Gasteiger partial charge in [-0.15, -0.1) is 0 Å². The first-order valence-corrected chi connectivity index (χ1v) is 9.22. The summed E-state index contributed by atoms with van der Waals surface area (Å²) < 4.78 is 0. The average Bonchev–Trinajstić information content (AvgIpc) is 2.65. The van der Waals surface area contributed by atoms with Crippen molar-refractivity contribution in [3.63, 3.8) is 0 Å². The first-order valence-electron chi connectivity index (χ1n) is 9.22. The molecule has 3 heterocycles. The zero-order valence-corrected chi connectivity index (χ0v) is 15.0. The highest BCUT2D eigenvalue weighted by atomic mass is 15.4. The Hall–Kier alpha value is -1.59.